The van der Waals surface area contributed by atoms with Crippen LogP contribution in [0, 0.1) is 22.7 Å². The molecule has 130 valence electrons. The molecule has 0 radical (unpaired) electrons. The minimum atomic E-state index is -0.414. The first-order valence-electron chi connectivity index (χ1n) is 9.35. The minimum absolute atomic E-state index is 0.206. The molecule has 4 atom stereocenters. The number of fused-ring (bicyclic) bond motifs is 4. The van der Waals surface area contributed by atoms with E-state index in [9.17, 15) is 9.59 Å². The van der Waals surface area contributed by atoms with Gasteiger partial charge in [-0.2, -0.15) is 0 Å². The number of carbonyl (C=O) groups is 2. The average Bonchev–Trinajstić information content (AvgIpc) is 2.46. The van der Waals surface area contributed by atoms with Crippen molar-refractivity contribution < 1.29 is 14.3 Å². The lowest BCUT2D eigenvalue weighted by molar-refractivity contribution is -0.164. The Balaban J connectivity index is 1.80. The van der Waals surface area contributed by atoms with Crippen molar-refractivity contribution in [1.82, 2.24) is 0 Å². The zero-order chi connectivity index (χ0) is 17.3. The molecule has 0 spiro atoms. The van der Waals surface area contributed by atoms with Crippen LogP contribution in [0.25, 0.3) is 0 Å². The lowest BCUT2D eigenvalue weighted by Gasteiger charge is -2.62. The topological polar surface area (TPSA) is 43.4 Å². The highest BCUT2D eigenvalue weighted by molar-refractivity contribution is 6.43. The van der Waals surface area contributed by atoms with E-state index in [1.807, 2.05) is 0 Å². The first-order valence-corrected chi connectivity index (χ1v) is 9.35. The molecular formula is C21H28O3. The van der Waals surface area contributed by atoms with Gasteiger partial charge in [-0.05, 0) is 54.9 Å². The van der Waals surface area contributed by atoms with Crippen molar-refractivity contribution in [2.24, 2.45) is 22.7 Å². The van der Waals surface area contributed by atoms with E-state index in [2.05, 4.69) is 33.8 Å². The van der Waals surface area contributed by atoms with Crippen LogP contribution in [0.15, 0.2) is 23.5 Å². The molecule has 0 amide bonds. The second kappa shape index (κ2) is 4.83. The second-order valence-electron chi connectivity index (χ2n) is 9.50. The molecular weight excluding hydrogens is 300 g/mol. The van der Waals surface area contributed by atoms with E-state index >= 15 is 0 Å². The molecule has 1 heterocycles. The highest BCUT2D eigenvalue weighted by Crippen LogP contribution is 2.64. The third-order valence-electron chi connectivity index (χ3n) is 7.49. The lowest BCUT2D eigenvalue weighted by Crippen LogP contribution is -2.59. The highest BCUT2D eigenvalue weighted by atomic mass is 16.5. The molecule has 1 aliphatic heterocycles. The van der Waals surface area contributed by atoms with E-state index in [1.165, 1.54) is 31.8 Å². The number of hydrogen-bond donors (Lipinski definition) is 0. The summed E-state index contributed by atoms with van der Waals surface area (Å²) in [7, 11) is 0. The van der Waals surface area contributed by atoms with Crippen LogP contribution in [0.2, 0.25) is 0 Å². The lowest BCUT2D eigenvalue weighted by atomic mass is 9.45. The minimum Gasteiger partial charge on any atom is -0.487 e. The summed E-state index contributed by atoms with van der Waals surface area (Å²) in [6.07, 6.45) is 9.90. The molecule has 0 unspecified atom stereocenters. The Bertz CT molecular complexity index is 683. The summed E-state index contributed by atoms with van der Waals surface area (Å²) in [5.74, 6) is 0.928. The Morgan fingerprint density at radius 2 is 1.83 bits per heavy atom. The average molecular weight is 328 g/mol. The Kier molecular flexibility index (Phi) is 3.24. The maximum absolute atomic E-state index is 11.9. The highest BCUT2D eigenvalue weighted by Gasteiger charge is 2.60. The van der Waals surface area contributed by atoms with Gasteiger partial charge < -0.3 is 4.74 Å². The number of allylic oxidation sites excluding steroid dienone is 2. The quantitative estimate of drug-likeness (QED) is 0.620. The molecule has 2 saturated carbocycles. The molecule has 24 heavy (non-hydrogen) atoms. The molecule has 0 aromatic carbocycles. The molecule has 0 saturated heterocycles. The van der Waals surface area contributed by atoms with E-state index in [0.29, 0.717) is 23.0 Å². The second-order valence-corrected chi connectivity index (χ2v) is 9.50. The monoisotopic (exact) mass is 328 g/mol. The largest absolute Gasteiger partial charge is 0.487 e. The smallest absolute Gasteiger partial charge is 0.225 e. The van der Waals surface area contributed by atoms with Crippen molar-refractivity contribution >= 4 is 11.6 Å². The van der Waals surface area contributed by atoms with Crippen molar-refractivity contribution in [2.45, 2.75) is 71.8 Å². The third kappa shape index (κ3) is 2.09. The van der Waals surface area contributed by atoms with Crippen LogP contribution in [0.1, 0.15) is 66.2 Å². The van der Waals surface area contributed by atoms with Gasteiger partial charge in [0, 0.05) is 18.4 Å². The van der Waals surface area contributed by atoms with Gasteiger partial charge in [0.05, 0.1) is 0 Å². The SMILES string of the molecule is CC1(C)CCC[C@]2(C)[C@H]3C=C4CC(=O)C(=O)C=C4O[C@@]3(C)CC[C@@H]12. The molecule has 0 aromatic rings. The summed E-state index contributed by atoms with van der Waals surface area (Å²) in [5, 5.41) is 0. The Morgan fingerprint density at radius 1 is 1.08 bits per heavy atom. The fourth-order valence-corrected chi connectivity index (χ4v) is 6.35. The van der Waals surface area contributed by atoms with E-state index in [1.54, 1.807) is 0 Å². The molecule has 0 N–H and O–H groups in total. The number of rotatable bonds is 0. The number of Topliss-reactive ketones (excluding diaryl/α,β-unsaturated/α-hetero) is 1. The Morgan fingerprint density at radius 3 is 2.58 bits per heavy atom. The van der Waals surface area contributed by atoms with E-state index in [4.69, 9.17) is 4.74 Å². The van der Waals surface area contributed by atoms with Crippen LogP contribution >= 0.6 is 0 Å². The van der Waals surface area contributed by atoms with Crippen LogP contribution in [-0.4, -0.2) is 17.2 Å². The van der Waals surface area contributed by atoms with Gasteiger partial charge in [-0.1, -0.05) is 33.3 Å². The van der Waals surface area contributed by atoms with Gasteiger partial charge in [-0.15, -0.1) is 0 Å². The molecule has 0 aromatic heterocycles. The van der Waals surface area contributed by atoms with Crippen molar-refractivity contribution in [3.05, 3.63) is 23.5 Å². The summed E-state index contributed by atoms with van der Waals surface area (Å²) in [6, 6.07) is 0. The van der Waals surface area contributed by atoms with E-state index in [-0.39, 0.29) is 23.2 Å². The maximum Gasteiger partial charge on any atom is 0.225 e. The fraction of sp³-hybridized carbons (Fsp3) is 0.714. The van der Waals surface area contributed by atoms with Crippen LogP contribution in [-0.2, 0) is 14.3 Å². The van der Waals surface area contributed by atoms with Gasteiger partial charge in [-0.25, -0.2) is 0 Å². The Labute approximate surface area is 144 Å². The van der Waals surface area contributed by atoms with Crippen molar-refractivity contribution in [3.8, 4) is 0 Å². The van der Waals surface area contributed by atoms with Gasteiger partial charge in [0.2, 0.25) is 11.6 Å². The first-order chi connectivity index (χ1) is 11.2. The molecule has 4 rings (SSSR count). The zero-order valence-corrected chi connectivity index (χ0v) is 15.3. The van der Waals surface area contributed by atoms with E-state index in [0.717, 1.165) is 12.0 Å². The normalized spacial score (nSPS) is 43.7. The van der Waals surface area contributed by atoms with Crippen molar-refractivity contribution in [3.63, 3.8) is 0 Å². The van der Waals surface area contributed by atoms with Crippen molar-refractivity contribution in [1.29, 1.82) is 0 Å². The summed E-state index contributed by atoms with van der Waals surface area (Å²) >= 11 is 0. The van der Waals surface area contributed by atoms with Crippen LogP contribution in [0.4, 0.5) is 0 Å². The summed E-state index contributed by atoms with van der Waals surface area (Å²) in [6.45, 7) is 9.48. The predicted molar refractivity (Wildman–Crippen MR) is 92.2 cm³/mol. The molecule has 4 aliphatic rings. The van der Waals surface area contributed by atoms with Gasteiger partial charge in [0.15, 0.2) is 0 Å². The first kappa shape index (κ1) is 16.1. The fourth-order valence-electron chi connectivity index (χ4n) is 6.35. The molecule has 3 aliphatic carbocycles. The maximum atomic E-state index is 11.9. The molecule has 3 nitrogen and oxygen atoms in total. The summed E-state index contributed by atoms with van der Waals surface area (Å²) < 4.78 is 6.40. The van der Waals surface area contributed by atoms with Gasteiger partial charge in [0.25, 0.3) is 0 Å². The van der Waals surface area contributed by atoms with Gasteiger partial charge >= 0.3 is 0 Å². The van der Waals surface area contributed by atoms with Crippen LogP contribution in [0.3, 0.4) is 0 Å². The summed E-state index contributed by atoms with van der Waals surface area (Å²) in [5.41, 5.74) is 1.25. The standard InChI is InChI=1S/C21H28O3/c1-19(2)7-5-8-20(3)17(19)6-9-21(4)18(20)11-13-10-14(22)15(23)12-16(13)24-21/h11-12,17-18H,5-10H2,1-4H3/t17-,18+,20-,21-/m0/s1. The third-order valence-corrected chi connectivity index (χ3v) is 7.49. The number of hydrogen-bond acceptors (Lipinski definition) is 3. The molecule has 2 fully saturated rings. The summed E-state index contributed by atoms with van der Waals surface area (Å²) in [4.78, 5) is 23.6. The Hall–Kier alpha value is -1.38. The predicted octanol–water partition coefficient (Wildman–Crippen LogP) is 4.37. The molecule has 0 bridgehead atoms. The van der Waals surface area contributed by atoms with Crippen LogP contribution < -0.4 is 0 Å². The molecule has 3 heteroatoms. The zero-order valence-electron chi connectivity index (χ0n) is 15.3. The van der Waals surface area contributed by atoms with Crippen molar-refractivity contribution in [2.75, 3.05) is 0 Å². The van der Waals surface area contributed by atoms with E-state index < -0.39 is 5.78 Å². The number of ether oxygens (including phenoxy) is 1. The van der Waals surface area contributed by atoms with Gasteiger partial charge in [0.1, 0.15) is 11.4 Å². The number of carbonyl (C=O) groups excluding carboxylic acids is 2. The van der Waals surface area contributed by atoms with Gasteiger partial charge in [-0.3, -0.25) is 9.59 Å². The van der Waals surface area contributed by atoms with Crippen LogP contribution in [0.5, 0.6) is 0 Å². The number of ketones is 2.